The van der Waals surface area contributed by atoms with Crippen molar-refractivity contribution in [2.24, 2.45) is 0 Å². The lowest BCUT2D eigenvalue weighted by atomic mass is 10.1. The van der Waals surface area contributed by atoms with E-state index in [1.54, 1.807) is 11.3 Å². The molecule has 1 atom stereocenters. The van der Waals surface area contributed by atoms with E-state index < -0.39 is 5.97 Å². The molecule has 0 radical (unpaired) electrons. The van der Waals surface area contributed by atoms with Gasteiger partial charge in [0.15, 0.2) is 0 Å². The van der Waals surface area contributed by atoms with E-state index in [-0.39, 0.29) is 12.5 Å². The van der Waals surface area contributed by atoms with Crippen molar-refractivity contribution < 1.29 is 9.90 Å². The van der Waals surface area contributed by atoms with E-state index in [0.29, 0.717) is 0 Å². The van der Waals surface area contributed by atoms with E-state index >= 15 is 0 Å². The van der Waals surface area contributed by atoms with Gasteiger partial charge in [-0.2, -0.15) is 0 Å². The lowest BCUT2D eigenvalue weighted by Gasteiger charge is -2.13. The summed E-state index contributed by atoms with van der Waals surface area (Å²) in [5, 5.41) is 12.2. The Morgan fingerprint density at radius 2 is 1.89 bits per heavy atom. The summed E-state index contributed by atoms with van der Waals surface area (Å²) in [6, 6.07) is 14.4. The highest BCUT2D eigenvalue weighted by Gasteiger charge is 2.07. The number of benzene rings is 1. The predicted molar refractivity (Wildman–Crippen MR) is 77.4 cm³/mol. The van der Waals surface area contributed by atoms with Crippen molar-refractivity contribution in [2.75, 3.05) is 0 Å². The van der Waals surface area contributed by atoms with Crippen LogP contribution in [-0.4, -0.2) is 11.1 Å². The fraction of sp³-hybridized carbons (Fsp3) is 0.267. The molecule has 0 spiro atoms. The normalized spacial score (nSPS) is 12.3. The first-order valence-corrected chi connectivity index (χ1v) is 7.04. The molecule has 1 heterocycles. The molecule has 0 aliphatic rings. The second-order valence-electron chi connectivity index (χ2n) is 4.45. The van der Waals surface area contributed by atoms with E-state index in [9.17, 15) is 4.79 Å². The summed E-state index contributed by atoms with van der Waals surface area (Å²) in [6.45, 7) is 2.89. The molecular formula is C15H17NO2S. The molecule has 0 bridgehead atoms. The van der Waals surface area contributed by atoms with Gasteiger partial charge < -0.3 is 10.4 Å². The zero-order valence-corrected chi connectivity index (χ0v) is 11.6. The monoisotopic (exact) mass is 275 g/mol. The number of thiophene rings is 1. The van der Waals surface area contributed by atoms with Crippen molar-refractivity contribution in [1.29, 1.82) is 0 Å². The average molecular weight is 275 g/mol. The van der Waals surface area contributed by atoms with Crippen molar-refractivity contribution in [1.82, 2.24) is 5.32 Å². The maximum absolute atomic E-state index is 10.6. The summed E-state index contributed by atoms with van der Waals surface area (Å²) >= 11 is 1.56. The van der Waals surface area contributed by atoms with Gasteiger partial charge in [-0.15, -0.1) is 11.3 Å². The van der Waals surface area contributed by atoms with Crippen LogP contribution in [0, 0.1) is 0 Å². The molecule has 0 amide bonds. The number of carboxylic acids is 1. The summed E-state index contributed by atoms with van der Waals surface area (Å²) in [6.07, 6.45) is 0.110. The van der Waals surface area contributed by atoms with Crippen LogP contribution in [0.4, 0.5) is 0 Å². The fourth-order valence-corrected chi connectivity index (χ4v) is 2.83. The number of hydrogen-bond donors (Lipinski definition) is 2. The Balaban J connectivity index is 1.88. The van der Waals surface area contributed by atoms with Crippen molar-refractivity contribution in [3.63, 3.8) is 0 Å². The van der Waals surface area contributed by atoms with Crippen LogP contribution in [0.1, 0.15) is 28.3 Å². The fourth-order valence-electron chi connectivity index (χ4n) is 1.87. The van der Waals surface area contributed by atoms with Gasteiger partial charge in [-0.25, -0.2) is 0 Å². The van der Waals surface area contributed by atoms with Crippen molar-refractivity contribution in [2.45, 2.75) is 25.9 Å². The van der Waals surface area contributed by atoms with Crippen LogP contribution < -0.4 is 5.32 Å². The maximum Gasteiger partial charge on any atom is 0.308 e. The highest BCUT2D eigenvalue weighted by atomic mass is 32.1. The first kappa shape index (κ1) is 13.8. The van der Waals surface area contributed by atoms with Crippen LogP contribution in [-0.2, 0) is 17.8 Å². The Hall–Kier alpha value is -1.65. The Bertz CT molecular complexity index is 536. The number of hydrogen-bond acceptors (Lipinski definition) is 3. The van der Waals surface area contributed by atoms with Gasteiger partial charge in [-0.3, -0.25) is 4.79 Å². The molecule has 4 heteroatoms. The van der Waals surface area contributed by atoms with Gasteiger partial charge in [-0.05, 0) is 24.6 Å². The lowest BCUT2D eigenvalue weighted by molar-refractivity contribution is -0.136. The molecule has 0 saturated carbocycles. The lowest BCUT2D eigenvalue weighted by Crippen LogP contribution is -2.17. The van der Waals surface area contributed by atoms with Crippen LogP contribution in [0.25, 0.3) is 0 Å². The Morgan fingerprint density at radius 3 is 2.58 bits per heavy atom. The summed E-state index contributed by atoms with van der Waals surface area (Å²) in [5.41, 5.74) is 1.25. The quantitative estimate of drug-likeness (QED) is 0.851. The third-order valence-electron chi connectivity index (χ3n) is 2.92. The number of carboxylic acid groups (broad SMARTS) is 1. The molecule has 0 aliphatic carbocycles. The third kappa shape index (κ3) is 4.19. The van der Waals surface area contributed by atoms with Crippen molar-refractivity contribution in [3.8, 4) is 0 Å². The molecule has 2 aromatic rings. The molecule has 0 saturated heterocycles. The van der Waals surface area contributed by atoms with Gasteiger partial charge in [0.25, 0.3) is 0 Å². The predicted octanol–water partition coefficient (Wildman–Crippen LogP) is 3.23. The summed E-state index contributed by atoms with van der Waals surface area (Å²) < 4.78 is 0. The second kappa shape index (κ2) is 6.50. The molecule has 2 rings (SSSR count). The molecule has 0 fully saturated rings. The molecule has 3 nitrogen and oxygen atoms in total. The molecule has 0 aliphatic heterocycles. The number of nitrogens with one attached hydrogen (secondary N) is 1. The third-order valence-corrected chi connectivity index (χ3v) is 4.01. The smallest absolute Gasteiger partial charge is 0.308 e. The van der Waals surface area contributed by atoms with Crippen LogP contribution >= 0.6 is 11.3 Å². The largest absolute Gasteiger partial charge is 0.481 e. The van der Waals surface area contributed by atoms with Gasteiger partial charge in [0.1, 0.15) is 0 Å². The van der Waals surface area contributed by atoms with Gasteiger partial charge >= 0.3 is 5.97 Å². The molecular weight excluding hydrogens is 258 g/mol. The van der Waals surface area contributed by atoms with Crippen LogP contribution in [0.2, 0.25) is 0 Å². The molecule has 1 aromatic heterocycles. The standard InChI is InChI=1S/C15H17NO2S/c1-11(12-5-3-2-4-6-12)16-10-14-8-7-13(19-14)9-15(17)18/h2-8,11,16H,9-10H2,1H3,(H,17,18)/t11-/m0/s1. The van der Waals surface area contributed by atoms with Crippen LogP contribution in [0.15, 0.2) is 42.5 Å². The molecule has 2 N–H and O–H groups in total. The molecule has 100 valence electrons. The number of aliphatic carboxylic acids is 1. The molecule has 0 unspecified atom stereocenters. The zero-order chi connectivity index (χ0) is 13.7. The average Bonchev–Trinajstić information content (AvgIpc) is 2.84. The van der Waals surface area contributed by atoms with E-state index in [1.807, 2.05) is 30.3 Å². The Labute approximate surface area is 116 Å². The minimum atomic E-state index is -0.779. The van der Waals surface area contributed by atoms with E-state index in [4.69, 9.17) is 5.11 Å². The van der Waals surface area contributed by atoms with E-state index in [2.05, 4.69) is 24.4 Å². The number of rotatable bonds is 6. The number of carbonyl (C=O) groups is 1. The van der Waals surface area contributed by atoms with Crippen molar-refractivity contribution in [3.05, 3.63) is 57.8 Å². The summed E-state index contributed by atoms with van der Waals surface area (Å²) in [7, 11) is 0. The van der Waals surface area contributed by atoms with E-state index in [0.717, 1.165) is 11.4 Å². The maximum atomic E-state index is 10.6. The minimum Gasteiger partial charge on any atom is -0.481 e. The zero-order valence-electron chi connectivity index (χ0n) is 10.8. The summed E-state index contributed by atoms with van der Waals surface area (Å²) in [4.78, 5) is 12.7. The topological polar surface area (TPSA) is 49.3 Å². The van der Waals surface area contributed by atoms with Crippen LogP contribution in [0.5, 0.6) is 0 Å². The van der Waals surface area contributed by atoms with Gasteiger partial charge in [0.05, 0.1) is 6.42 Å². The van der Waals surface area contributed by atoms with Gasteiger partial charge in [0, 0.05) is 22.3 Å². The Morgan fingerprint density at radius 1 is 1.21 bits per heavy atom. The Kier molecular flexibility index (Phi) is 4.71. The first-order chi connectivity index (χ1) is 9.15. The minimum absolute atomic E-state index is 0.110. The molecule has 1 aromatic carbocycles. The van der Waals surface area contributed by atoms with Gasteiger partial charge in [0.2, 0.25) is 0 Å². The van der Waals surface area contributed by atoms with Crippen molar-refractivity contribution >= 4 is 17.3 Å². The first-order valence-electron chi connectivity index (χ1n) is 6.23. The van der Waals surface area contributed by atoms with Gasteiger partial charge in [-0.1, -0.05) is 30.3 Å². The summed E-state index contributed by atoms with van der Waals surface area (Å²) in [5.74, 6) is -0.779. The van der Waals surface area contributed by atoms with Crippen LogP contribution in [0.3, 0.4) is 0 Å². The second-order valence-corrected chi connectivity index (χ2v) is 5.70. The highest BCUT2D eigenvalue weighted by molar-refractivity contribution is 7.12. The SMILES string of the molecule is C[C@H](NCc1ccc(CC(=O)O)s1)c1ccccc1. The van der Waals surface area contributed by atoms with E-state index in [1.165, 1.54) is 10.4 Å². The molecule has 19 heavy (non-hydrogen) atoms. The highest BCUT2D eigenvalue weighted by Crippen LogP contribution is 2.18.